The zero-order valence-corrected chi connectivity index (χ0v) is 41.0. The highest BCUT2D eigenvalue weighted by Crippen LogP contribution is 2.61. The fourth-order valence-corrected chi connectivity index (χ4v) is 13.0. The van der Waals surface area contributed by atoms with Crippen LogP contribution in [0.25, 0.3) is 66.1 Å². The summed E-state index contributed by atoms with van der Waals surface area (Å²) in [5.41, 5.74) is 21.5. The molecule has 0 bridgehead atoms. The average Bonchev–Trinajstić information content (AvgIpc) is 4.19. The molecule has 0 fully saturated rings. The van der Waals surface area contributed by atoms with E-state index < -0.39 is 5.41 Å². The van der Waals surface area contributed by atoms with Crippen LogP contribution in [-0.2, 0) is 10.8 Å². The van der Waals surface area contributed by atoms with Crippen molar-refractivity contribution < 1.29 is 8.83 Å². The molecule has 2 heterocycles. The first-order valence-corrected chi connectivity index (χ1v) is 25.6. The van der Waals surface area contributed by atoms with Gasteiger partial charge >= 0.3 is 0 Å². The molecule has 0 amide bonds. The maximum absolute atomic E-state index is 6.69. The minimum atomic E-state index is -0.587. The van der Waals surface area contributed by atoms with Gasteiger partial charge in [0.05, 0.1) is 27.9 Å². The molecule has 0 saturated carbocycles. The molecule has 15 rings (SSSR count). The summed E-state index contributed by atoms with van der Waals surface area (Å²) in [5.74, 6) is 0. The summed E-state index contributed by atoms with van der Waals surface area (Å²) < 4.78 is 13.1. The number of anilines is 6. The predicted molar refractivity (Wildman–Crippen MR) is 305 cm³/mol. The Morgan fingerprint density at radius 1 is 0.311 bits per heavy atom. The molecule has 0 N–H and O–H groups in total. The van der Waals surface area contributed by atoms with Crippen molar-refractivity contribution in [3.05, 3.63) is 288 Å². The van der Waals surface area contributed by atoms with E-state index in [0.29, 0.717) is 0 Å². The largest absolute Gasteiger partial charge is 0.456 e. The second-order valence-corrected chi connectivity index (χ2v) is 20.3. The van der Waals surface area contributed by atoms with Crippen LogP contribution in [0.15, 0.2) is 264 Å². The molecule has 2 aliphatic carbocycles. The number of furan rings is 2. The minimum absolute atomic E-state index is 0.193. The minimum Gasteiger partial charge on any atom is -0.456 e. The predicted octanol–water partition coefficient (Wildman–Crippen LogP) is 19.1. The van der Waals surface area contributed by atoms with E-state index in [4.69, 9.17) is 8.83 Å². The molecule has 0 atom stereocenters. The van der Waals surface area contributed by atoms with E-state index in [9.17, 15) is 0 Å². The van der Waals surface area contributed by atoms with Crippen molar-refractivity contribution in [2.75, 3.05) is 9.80 Å². The van der Waals surface area contributed by atoms with Gasteiger partial charge in [0, 0.05) is 49.8 Å². The van der Waals surface area contributed by atoms with Gasteiger partial charge in [0.15, 0.2) is 0 Å². The first-order chi connectivity index (χ1) is 36.5. The van der Waals surface area contributed by atoms with Gasteiger partial charge in [-0.05, 0) is 117 Å². The molecule has 0 spiro atoms. The van der Waals surface area contributed by atoms with Crippen LogP contribution in [0.4, 0.5) is 34.1 Å². The highest BCUT2D eigenvalue weighted by atomic mass is 16.3. The van der Waals surface area contributed by atoms with E-state index in [-0.39, 0.29) is 5.41 Å². The average molecular weight is 949 g/mol. The lowest BCUT2D eigenvalue weighted by molar-refractivity contribution is 0.660. The van der Waals surface area contributed by atoms with E-state index in [1.54, 1.807) is 0 Å². The van der Waals surface area contributed by atoms with Gasteiger partial charge in [0.2, 0.25) is 0 Å². The van der Waals surface area contributed by atoms with E-state index in [2.05, 4.69) is 272 Å². The molecule has 0 saturated heterocycles. The maximum Gasteiger partial charge on any atom is 0.137 e. The molecule has 13 aromatic rings. The van der Waals surface area contributed by atoms with E-state index >= 15 is 0 Å². The molecule has 11 aromatic carbocycles. The van der Waals surface area contributed by atoms with Gasteiger partial charge in [-0.25, -0.2) is 0 Å². The molecule has 350 valence electrons. The van der Waals surface area contributed by atoms with Crippen molar-refractivity contribution in [1.29, 1.82) is 0 Å². The smallest absolute Gasteiger partial charge is 0.137 e. The summed E-state index contributed by atoms with van der Waals surface area (Å²) >= 11 is 0. The number of hydrogen-bond donors (Lipinski definition) is 0. The number of nitrogens with zero attached hydrogens (tertiary/aromatic N) is 2. The standard InChI is InChI=1S/C70H48N2O2/c1-69(2)55-31-13-9-28-51(55)66-57(69)33-18-35-59(66)71(49-41-42-64-54(44-49)50-27-11-15-38-62(50)73-64)47-25-17-26-48(43-47)72(61-37-20-40-65-68(61)53-30-12-16-39-63(53)74-65)60-36-19-34-58-67(60)52-29-10-14-32-56(52)70(58,45-21-5-3-6-22-45)46-23-7-4-8-24-46/h3-44H,1-2H3. The Morgan fingerprint density at radius 3 is 1.53 bits per heavy atom. The van der Waals surface area contributed by atoms with Crippen molar-refractivity contribution in [3.63, 3.8) is 0 Å². The van der Waals surface area contributed by atoms with Gasteiger partial charge in [-0.2, -0.15) is 0 Å². The summed E-state index contributed by atoms with van der Waals surface area (Å²) in [4.78, 5) is 4.96. The summed E-state index contributed by atoms with van der Waals surface area (Å²) in [6, 6.07) is 92.9. The SMILES string of the molecule is CC1(C)c2ccccc2-c2c(N(c3cccc(N(c4cccc5c4-c4ccccc4C5(c4ccccc4)c4ccccc4)c4cccc5oc6ccccc6c45)c3)c3ccc4oc5ccccc5c4c3)cccc21. The Labute approximate surface area is 429 Å². The topological polar surface area (TPSA) is 32.8 Å². The summed E-state index contributed by atoms with van der Waals surface area (Å²) in [6.07, 6.45) is 0. The zero-order valence-electron chi connectivity index (χ0n) is 41.0. The van der Waals surface area contributed by atoms with Crippen LogP contribution in [0.3, 0.4) is 0 Å². The Hall–Kier alpha value is -9.38. The lowest BCUT2D eigenvalue weighted by atomic mass is 9.68. The van der Waals surface area contributed by atoms with Crippen LogP contribution >= 0.6 is 0 Å². The monoisotopic (exact) mass is 948 g/mol. The fourth-order valence-electron chi connectivity index (χ4n) is 13.0. The first kappa shape index (κ1) is 42.3. The zero-order chi connectivity index (χ0) is 49.1. The number of fused-ring (bicyclic) bond motifs is 12. The molecule has 0 aliphatic heterocycles. The van der Waals surface area contributed by atoms with Crippen LogP contribution in [-0.4, -0.2) is 0 Å². The van der Waals surface area contributed by atoms with E-state index in [1.165, 1.54) is 55.6 Å². The molecular formula is C70H48N2O2. The molecule has 2 aromatic heterocycles. The maximum atomic E-state index is 6.69. The van der Waals surface area contributed by atoms with Gasteiger partial charge in [0.1, 0.15) is 22.3 Å². The molecule has 4 heteroatoms. The fraction of sp³-hybridized carbons (Fsp3) is 0.0571. The van der Waals surface area contributed by atoms with Gasteiger partial charge in [-0.15, -0.1) is 0 Å². The quantitative estimate of drug-likeness (QED) is 0.152. The summed E-state index contributed by atoms with van der Waals surface area (Å²) in [7, 11) is 0. The van der Waals surface area contributed by atoms with Crippen molar-refractivity contribution in [2.45, 2.75) is 24.7 Å². The summed E-state index contributed by atoms with van der Waals surface area (Å²) in [5, 5.41) is 4.29. The van der Waals surface area contributed by atoms with Gasteiger partial charge in [-0.1, -0.05) is 196 Å². The highest BCUT2D eigenvalue weighted by molar-refractivity contribution is 6.14. The number of rotatable bonds is 8. The van der Waals surface area contributed by atoms with Crippen molar-refractivity contribution >= 4 is 78.0 Å². The Morgan fingerprint density at radius 2 is 0.784 bits per heavy atom. The normalized spacial score (nSPS) is 13.8. The van der Waals surface area contributed by atoms with Crippen molar-refractivity contribution in [2.24, 2.45) is 0 Å². The first-order valence-electron chi connectivity index (χ1n) is 25.6. The number of hydrogen-bond acceptors (Lipinski definition) is 4. The lowest BCUT2D eigenvalue weighted by Gasteiger charge is -2.34. The van der Waals surface area contributed by atoms with Gasteiger partial charge in [0.25, 0.3) is 0 Å². The van der Waals surface area contributed by atoms with Crippen LogP contribution in [0.2, 0.25) is 0 Å². The molecule has 74 heavy (non-hydrogen) atoms. The van der Waals surface area contributed by atoms with Gasteiger partial charge < -0.3 is 18.6 Å². The van der Waals surface area contributed by atoms with E-state index in [1.807, 2.05) is 6.07 Å². The third-order valence-corrected chi connectivity index (χ3v) is 16.1. The summed E-state index contributed by atoms with van der Waals surface area (Å²) in [6.45, 7) is 4.71. The third-order valence-electron chi connectivity index (χ3n) is 16.1. The molecule has 0 unspecified atom stereocenters. The Kier molecular flexibility index (Phi) is 9.19. The Balaban J connectivity index is 1.03. The second-order valence-electron chi connectivity index (χ2n) is 20.3. The van der Waals surface area contributed by atoms with Crippen molar-refractivity contribution in [3.8, 4) is 22.3 Å². The highest BCUT2D eigenvalue weighted by Gasteiger charge is 2.47. The molecule has 4 nitrogen and oxygen atoms in total. The molecule has 2 aliphatic rings. The Bertz CT molecular complexity index is 4330. The molecule has 0 radical (unpaired) electrons. The van der Waals surface area contributed by atoms with E-state index in [0.717, 1.165) is 78.0 Å². The van der Waals surface area contributed by atoms with Crippen LogP contribution in [0, 0.1) is 0 Å². The second kappa shape index (κ2) is 16.1. The van der Waals surface area contributed by atoms with Crippen LogP contribution in [0.5, 0.6) is 0 Å². The number of para-hydroxylation sites is 2. The van der Waals surface area contributed by atoms with Gasteiger partial charge in [-0.3, -0.25) is 0 Å². The van der Waals surface area contributed by atoms with Crippen molar-refractivity contribution in [1.82, 2.24) is 0 Å². The van der Waals surface area contributed by atoms with Crippen LogP contribution in [0.1, 0.15) is 47.2 Å². The number of benzene rings is 11. The lowest BCUT2D eigenvalue weighted by Crippen LogP contribution is -2.28. The van der Waals surface area contributed by atoms with Crippen LogP contribution < -0.4 is 9.80 Å². The molecular weight excluding hydrogens is 901 g/mol. The third kappa shape index (κ3) is 5.97.